The summed E-state index contributed by atoms with van der Waals surface area (Å²) in [6, 6.07) is 10.5. The Balaban J connectivity index is 2.21. The largest absolute Gasteiger partial charge is 0.508 e. The first-order valence-corrected chi connectivity index (χ1v) is 14.5. The van der Waals surface area contributed by atoms with Crippen LogP contribution in [0.5, 0.6) is 5.75 Å². The number of nitrogens with one attached hydrogen (secondary N) is 3. The maximum absolute atomic E-state index is 13.6. The molecule has 0 saturated heterocycles. The van der Waals surface area contributed by atoms with Gasteiger partial charge in [-0.1, -0.05) is 42.5 Å². The topological polar surface area (TPSA) is 261 Å². The molecule has 2 aromatic rings. The summed E-state index contributed by atoms with van der Waals surface area (Å²) < 4.78 is 0. The van der Waals surface area contributed by atoms with E-state index in [1.165, 1.54) is 12.1 Å². The Morgan fingerprint density at radius 1 is 0.727 bits per heavy atom. The summed E-state index contributed by atoms with van der Waals surface area (Å²) in [4.78, 5) is 55.7. The summed E-state index contributed by atoms with van der Waals surface area (Å²) in [6.45, 7) is 0.649. The summed E-state index contributed by atoms with van der Waals surface area (Å²) in [5.74, 6) is -3.20. The Kier molecular flexibility index (Phi) is 15.1. The third kappa shape index (κ3) is 13.1. The van der Waals surface area contributed by atoms with Crippen LogP contribution in [0.2, 0.25) is 0 Å². The fourth-order valence-corrected chi connectivity index (χ4v) is 4.36. The van der Waals surface area contributed by atoms with E-state index in [2.05, 4.69) is 20.9 Å². The Morgan fingerprint density at radius 2 is 1.30 bits per heavy atom. The molecular formula is C30H44N8O6. The van der Waals surface area contributed by atoms with Crippen molar-refractivity contribution in [2.75, 3.05) is 13.1 Å². The Hall–Kier alpha value is -4.69. The van der Waals surface area contributed by atoms with E-state index in [1.54, 1.807) is 42.5 Å². The molecule has 4 atom stereocenters. The molecule has 0 spiro atoms. The Bertz CT molecular complexity index is 1240. The molecule has 13 N–H and O–H groups in total. The average Bonchev–Trinajstić information content (AvgIpc) is 2.99. The van der Waals surface area contributed by atoms with E-state index in [0.717, 1.165) is 5.56 Å². The molecule has 4 unspecified atom stereocenters. The number of amides is 3. The van der Waals surface area contributed by atoms with Crippen molar-refractivity contribution in [2.45, 2.75) is 69.1 Å². The third-order valence-electron chi connectivity index (χ3n) is 6.79. The van der Waals surface area contributed by atoms with Crippen LogP contribution < -0.4 is 38.9 Å². The average molecular weight is 613 g/mol. The number of aliphatic carboxylic acids is 1. The van der Waals surface area contributed by atoms with Crippen molar-refractivity contribution in [1.29, 1.82) is 0 Å². The number of aromatic hydroxyl groups is 1. The van der Waals surface area contributed by atoms with Crippen molar-refractivity contribution >= 4 is 29.7 Å². The molecule has 240 valence electrons. The normalized spacial score (nSPS) is 13.5. The van der Waals surface area contributed by atoms with Gasteiger partial charge in [0, 0.05) is 19.4 Å². The van der Waals surface area contributed by atoms with Gasteiger partial charge < -0.3 is 49.1 Å². The van der Waals surface area contributed by atoms with E-state index < -0.39 is 47.9 Å². The maximum Gasteiger partial charge on any atom is 0.326 e. The molecule has 14 heteroatoms. The molecule has 0 aliphatic heterocycles. The van der Waals surface area contributed by atoms with Gasteiger partial charge in [0.05, 0.1) is 6.04 Å². The molecule has 0 saturated carbocycles. The predicted octanol–water partition coefficient (Wildman–Crippen LogP) is -0.774. The van der Waals surface area contributed by atoms with Crippen LogP contribution in [0.4, 0.5) is 0 Å². The zero-order valence-electron chi connectivity index (χ0n) is 24.7. The lowest BCUT2D eigenvalue weighted by atomic mass is 10.0. The predicted molar refractivity (Wildman–Crippen MR) is 166 cm³/mol. The van der Waals surface area contributed by atoms with Gasteiger partial charge in [-0.3, -0.25) is 19.4 Å². The number of guanidine groups is 1. The van der Waals surface area contributed by atoms with Gasteiger partial charge in [-0.05, 0) is 61.9 Å². The van der Waals surface area contributed by atoms with Gasteiger partial charge in [0.2, 0.25) is 17.7 Å². The van der Waals surface area contributed by atoms with Gasteiger partial charge in [-0.2, -0.15) is 0 Å². The van der Waals surface area contributed by atoms with Crippen LogP contribution in [-0.2, 0) is 32.0 Å². The van der Waals surface area contributed by atoms with E-state index in [4.69, 9.17) is 22.9 Å². The number of benzene rings is 2. The first-order valence-electron chi connectivity index (χ1n) is 14.5. The maximum atomic E-state index is 13.6. The molecule has 0 bridgehead atoms. The van der Waals surface area contributed by atoms with Crippen molar-refractivity contribution in [3.8, 4) is 5.75 Å². The lowest BCUT2D eigenvalue weighted by Crippen LogP contribution is -2.57. The molecule has 2 aromatic carbocycles. The molecule has 0 aliphatic rings. The van der Waals surface area contributed by atoms with Gasteiger partial charge in [-0.15, -0.1) is 0 Å². The highest BCUT2D eigenvalue weighted by atomic mass is 16.4. The molecule has 44 heavy (non-hydrogen) atoms. The number of phenolic OH excluding ortho intramolecular Hbond substituents is 1. The zero-order chi connectivity index (χ0) is 32.5. The molecular weight excluding hydrogens is 568 g/mol. The summed E-state index contributed by atoms with van der Waals surface area (Å²) in [5, 5.41) is 27.3. The van der Waals surface area contributed by atoms with Crippen LogP contribution >= 0.6 is 0 Å². The van der Waals surface area contributed by atoms with Crippen molar-refractivity contribution < 1.29 is 29.4 Å². The first kappa shape index (κ1) is 35.5. The summed E-state index contributed by atoms with van der Waals surface area (Å²) in [6.07, 6.45) is 2.01. The number of nitrogens with zero attached hydrogens (tertiary/aromatic N) is 1. The van der Waals surface area contributed by atoms with Gasteiger partial charge >= 0.3 is 5.97 Å². The first-order chi connectivity index (χ1) is 21.0. The number of carboxylic acid groups (broad SMARTS) is 1. The zero-order valence-corrected chi connectivity index (χ0v) is 24.7. The minimum absolute atomic E-state index is 0.0292. The van der Waals surface area contributed by atoms with Gasteiger partial charge in [-0.25, -0.2) is 4.79 Å². The quantitative estimate of drug-likeness (QED) is 0.0543. The van der Waals surface area contributed by atoms with Crippen molar-refractivity contribution in [3.63, 3.8) is 0 Å². The number of aliphatic imine (C=N–C) groups is 1. The number of carbonyl (C=O) groups excluding carboxylic acids is 3. The highest BCUT2D eigenvalue weighted by Gasteiger charge is 2.30. The van der Waals surface area contributed by atoms with E-state index >= 15 is 0 Å². The van der Waals surface area contributed by atoms with E-state index in [1.807, 2.05) is 0 Å². The van der Waals surface area contributed by atoms with E-state index in [0.29, 0.717) is 31.4 Å². The van der Waals surface area contributed by atoms with Crippen LogP contribution in [0.1, 0.15) is 43.2 Å². The number of phenols is 1. The number of hydrogen-bond acceptors (Lipinski definition) is 8. The van der Waals surface area contributed by atoms with Gasteiger partial charge in [0.15, 0.2) is 5.96 Å². The van der Waals surface area contributed by atoms with Crippen molar-refractivity contribution in [1.82, 2.24) is 16.0 Å². The summed E-state index contributed by atoms with van der Waals surface area (Å²) in [5.41, 5.74) is 23.7. The second-order valence-electron chi connectivity index (χ2n) is 10.4. The van der Waals surface area contributed by atoms with Gasteiger partial charge in [0.1, 0.15) is 23.9 Å². The fourth-order valence-electron chi connectivity index (χ4n) is 4.36. The minimum Gasteiger partial charge on any atom is -0.508 e. The fraction of sp³-hybridized carbons (Fsp3) is 0.433. The summed E-state index contributed by atoms with van der Waals surface area (Å²) >= 11 is 0. The smallest absolute Gasteiger partial charge is 0.326 e. The van der Waals surface area contributed by atoms with Gasteiger partial charge in [0.25, 0.3) is 0 Å². The number of rotatable bonds is 19. The Labute approximate surface area is 256 Å². The van der Waals surface area contributed by atoms with Crippen LogP contribution in [0.25, 0.3) is 0 Å². The number of hydrogen-bond donors (Lipinski definition) is 9. The van der Waals surface area contributed by atoms with E-state index in [-0.39, 0.29) is 43.9 Å². The highest BCUT2D eigenvalue weighted by Crippen LogP contribution is 2.13. The summed E-state index contributed by atoms with van der Waals surface area (Å²) in [7, 11) is 0. The third-order valence-corrected chi connectivity index (χ3v) is 6.79. The Morgan fingerprint density at radius 3 is 1.91 bits per heavy atom. The van der Waals surface area contributed by atoms with Crippen LogP contribution in [0.15, 0.2) is 59.6 Å². The molecule has 0 aromatic heterocycles. The molecule has 14 nitrogen and oxygen atoms in total. The molecule has 0 aliphatic carbocycles. The number of carboxylic acids is 1. The number of unbranched alkanes of at least 4 members (excludes halogenated alkanes) is 1. The lowest BCUT2D eigenvalue weighted by molar-refractivity contribution is -0.142. The van der Waals surface area contributed by atoms with Crippen LogP contribution in [0.3, 0.4) is 0 Å². The molecule has 2 rings (SSSR count). The second-order valence-corrected chi connectivity index (χ2v) is 10.4. The molecule has 0 fully saturated rings. The van der Waals surface area contributed by atoms with Crippen LogP contribution in [-0.4, -0.2) is 77.1 Å². The molecule has 3 amide bonds. The van der Waals surface area contributed by atoms with Crippen LogP contribution in [0, 0.1) is 0 Å². The minimum atomic E-state index is -1.23. The number of carbonyl (C=O) groups is 4. The second kappa shape index (κ2) is 18.8. The standard InChI is InChI=1S/C30H44N8O6/c31-15-5-4-10-23(27(41)38-25(29(43)44)18-19-7-2-1-3-8-19)36-28(42)24(17-20-11-13-21(39)14-12-20)37-26(40)22(32)9-6-16-35-30(33)34/h1-3,7-8,11-14,22-25,39H,4-6,9-10,15-18,31-32H2,(H,36,42)(H,37,40)(H,38,41)(H,43,44)(H4,33,34,35). The lowest BCUT2D eigenvalue weighted by Gasteiger charge is -2.25. The molecule has 0 radical (unpaired) electrons. The van der Waals surface area contributed by atoms with Crippen molar-refractivity contribution in [2.24, 2.45) is 27.9 Å². The monoisotopic (exact) mass is 612 g/mol. The van der Waals surface area contributed by atoms with E-state index in [9.17, 15) is 29.4 Å². The highest BCUT2D eigenvalue weighted by molar-refractivity contribution is 5.94. The van der Waals surface area contributed by atoms with Crippen molar-refractivity contribution in [3.05, 3.63) is 65.7 Å². The SMILES string of the molecule is NCCCCC(NC(=O)C(Cc1ccc(O)cc1)NC(=O)C(N)CCCN=C(N)N)C(=O)NC(Cc1ccccc1)C(=O)O. The number of nitrogens with two attached hydrogens (primary N) is 4. The molecule has 0 heterocycles.